The van der Waals surface area contributed by atoms with Crippen molar-refractivity contribution in [1.82, 2.24) is 9.80 Å². The Hall–Kier alpha value is -2.82. The van der Waals surface area contributed by atoms with Gasteiger partial charge in [0, 0.05) is 51.9 Å². The number of carbonyl (C=O) groups excluding carboxylic acids is 2. The van der Waals surface area contributed by atoms with E-state index in [0.29, 0.717) is 38.8 Å². The molecule has 2 heterocycles. The molecule has 2 aliphatic rings. The van der Waals surface area contributed by atoms with Gasteiger partial charge in [0.1, 0.15) is 17.2 Å². The molecule has 1 fully saturated rings. The van der Waals surface area contributed by atoms with Gasteiger partial charge in [0.25, 0.3) is 5.91 Å². The first-order valence-electron chi connectivity index (χ1n) is 8.84. The zero-order valence-corrected chi connectivity index (χ0v) is 14.8. The van der Waals surface area contributed by atoms with Crippen LogP contribution in [0.5, 0.6) is 0 Å². The molecule has 0 N–H and O–H groups in total. The number of benzene rings is 1. The number of rotatable bonds is 6. The molecule has 1 aromatic carbocycles. The third-order valence-corrected chi connectivity index (χ3v) is 4.89. The van der Waals surface area contributed by atoms with Gasteiger partial charge in [-0.1, -0.05) is 6.07 Å². The molecule has 2 amide bonds. The summed E-state index contributed by atoms with van der Waals surface area (Å²) in [7, 11) is 0. The van der Waals surface area contributed by atoms with Gasteiger partial charge in [-0.3, -0.25) is 9.59 Å². The molecule has 142 valence electrons. The second-order valence-corrected chi connectivity index (χ2v) is 6.66. The minimum atomic E-state index is -0.882. The van der Waals surface area contributed by atoms with Crippen LogP contribution in [-0.2, 0) is 4.79 Å². The molecule has 2 aliphatic heterocycles. The van der Waals surface area contributed by atoms with Crippen LogP contribution in [0.2, 0.25) is 0 Å². The summed E-state index contributed by atoms with van der Waals surface area (Å²) < 4.78 is 27.6. The van der Waals surface area contributed by atoms with Crippen molar-refractivity contribution in [3.8, 4) is 12.3 Å². The van der Waals surface area contributed by atoms with Crippen molar-refractivity contribution in [2.24, 2.45) is 10.2 Å². The maximum Gasteiger partial charge on any atom is 0.259 e. The number of terminal acetylenes is 1. The molecule has 0 saturated carbocycles. The van der Waals surface area contributed by atoms with Gasteiger partial charge in [-0.05, 0) is 12.1 Å². The van der Waals surface area contributed by atoms with Crippen LogP contribution in [0.4, 0.5) is 8.78 Å². The first-order valence-corrected chi connectivity index (χ1v) is 8.84. The fourth-order valence-corrected chi connectivity index (χ4v) is 3.15. The van der Waals surface area contributed by atoms with Crippen molar-refractivity contribution in [3.05, 3.63) is 35.4 Å². The molecule has 0 spiro atoms. The van der Waals surface area contributed by atoms with Gasteiger partial charge in [-0.25, -0.2) is 8.78 Å². The van der Waals surface area contributed by atoms with Crippen molar-refractivity contribution < 1.29 is 18.4 Å². The van der Waals surface area contributed by atoms with E-state index in [1.807, 2.05) is 0 Å². The third-order valence-electron chi connectivity index (χ3n) is 4.89. The van der Waals surface area contributed by atoms with Crippen molar-refractivity contribution in [3.63, 3.8) is 0 Å². The average Bonchev–Trinajstić information content (AvgIpc) is 3.44. The monoisotopic (exact) mass is 374 g/mol. The normalized spacial score (nSPS) is 17.5. The summed E-state index contributed by atoms with van der Waals surface area (Å²) in [5.41, 5.74) is -1.05. The predicted octanol–water partition coefficient (Wildman–Crippen LogP) is 2.60. The van der Waals surface area contributed by atoms with Crippen molar-refractivity contribution in [2.75, 3.05) is 26.2 Å². The van der Waals surface area contributed by atoms with Gasteiger partial charge in [0.15, 0.2) is 5.66 Å². The molecule has 1 aromatic rings. The largest absolute Gasteiger partial charge is 0.339 e. The molecule has 0 radical (unpaired) electrons. The average molecular weight is 374 g/mol. The number of hydrogen-bond donors (Lipinski definition) is 0. The summed E-state index contributed by atoms with van der Waals surface area (Å²) in [4.78, 5) is 27.8. The van der Waals surface area contributed by atoms with Crippen LogP contribution in [-0.4, -0.2) is 53.5 Å². The van der Waals surface area contributed by atoms with E-state index in [1.54, 1.807) is 4.90 Å². The Morgan fingerprint density at radius 1 is 1.07 bits per heavy atom. The van der Waals surface area contributed by atoms with Gasteiger partial charge < -0.3 is 9.80 Å². The molecule has 6 nitrogen and oxygen atoms in total. The molecule has 0 unspecified atom stereocenters. The summed E-state index contributed by atoms with van der Waals surface area (Å²) in [6.45, 7) is 1.11. The van der Waals surface area contributed by atoms with E-state index in [-0.39, 0.29) is 19.0 Å². The standard InChI is InChI=1S/C19H20F2N4O2/c1-2-3-8-19(22-23-19)9-7-16(26)24-10-12-25(13-11-24)18(27)17-14(20)5-4-6-15(17)21/h1,4-6H,3,7-13H2. The molecular formula is C19H20F2N4O2. The van der Waals surface area contributed by atoms with Crippen molar-refractivity contribution in [2.45, 2.75) is 31.3 Å². The molecular weight excluding hydrogens is 354 g/mol. The number of carbonyl (C=O) groups is 2. The molecule has 0 aromatic heterocycles. The maximum absolute atomic E-state index is 13.8. The second-order valence-electron chi connectivity index (χ2n) is 6.66. The lowest BCUT2D eigenvalue weighted by atomic mass is 10.0. The van der Waals surface area contributed by atoms with Gasteiger partial charge in [0.2, 0.25) is 5.91 Å². The third kappa shape index (κ3) is 4.30. The highest BCUT2D eigenvalue weighted by Gasteiger charge is 2.40. The van der Waals surface area contributed by atoms with E-state index in [2.05, 4.69) is 16.1 Å². The first kappa shape index (κ1) is 19.0. The highest BCUT2D eigenvalue weighted by atomic mass is 19.1. The summed E-state index contributed by atoms with van der Waals surface area (Å²) in [5, 5.41) is 8.02. The Kier molecular flexibility index (Phi) is 5.49. The Morgan fingerprint density at radius 2 is 1.67 bits per heavy atom. The lowest BCUT2D eigenvalue weighted by Crippen LogP contribution is -2.51. The fraction of sp³-hybridized carbons (Fsp3) is 0.474. The van der Waals surface area contributed by atoms with E-state index in [1.165, 1.54) is 11.0 Å². The van der Waals surface area contributed by atoms with Gasteiger partial charge in [-0.2, -0.15) is 10.2 Å². The predicted molar refractivity (Wildman–Crippen MR) is 93.7 cm³/mol. The molecule has 8 heteroatoms. The quantitative estimate of drug-likeness (QED) is 0.719. The number of nitrogens with zero attached hydrogens (tertiary/aromatic N) is 4. The van der Waals surface area contributed by atoms with E-state index < -0.39 is 28.8 Å². The van der Waals surface area contributed by atoms with E-state index in [0.717, 1.165) is 12.1 Å². The van der Waals surface area contributed by atoms with Crippen LogP contribution in [0, 0.1) is 24.0 Å². The molecule has 1 saturated heterocycles. The zero-order valence-electron chi connectivity index (χ0n) is 14.8. The van der Waals surface area contributed by atoms with Crippen LogP contribution in [0.1, 0.15) is 36.0 Å². The number of piperazine rings is 1. The van der Waals surface area contributed by atoms with Crippen LogP contribution in [0.25, 0.3) is 0 Å². The van der Waals surface area contributed by atoms with E-state index in [9.17, 15) is 18.4 Å². The van der Waals surface area contributed by atoms with E-state index in [4.69, 9.17) is 6.42 Å². The highest BCUT2D eigenvalue weighted by molar-refractivity contribution is 5.95. The maximum atomic E-state index is 13.8. The Morgan fingerprint density at radius 3 is 2.22 bits per heavy atom. The van der Waals surface area contributed by atoms with Crippen LogP contribution in [0.3, 0.4) is 0 Å². The van der Waals surface area contributed by atoms with Gasteiger partial charge >= 0.3 is 0 Å². The molecule has 3 rings (SSSR count). The number of amides is 2. The SMILES string of the molecule is C#CCCC1(CCC(=O)N2CCN(C(=O)c3c(F)cccc3F)CC2)N=N1. The van der Waals surface area contributed by atoms with Crippen LogP contribution in [0.15, 0.2) is 28.4 Å². The minimum Gasteiger partial charge on any atom is -0.339 e. The summed E-state index contributed by atoms with van der Waals surface area (Å²) in [5.74, 6) is 0.0440. The Labute approximate surface area is 156 Å². The van der Waals surface area contributed by atoms with Crippen molar-refractivity contribution in [1.29, 1.82) is 0 Å². The molecule has 0 atom stereocenters. The smallest absolute Gasteiger partial charge is 0.259 e. The Balaban J connectivity index is 1.49. The Bertz CT molecular complexity index is 784. The summed E-state index contributed by atoms with van der Waals surface area (Å²) in [6, 6.07) is 3.33. The second kappa shape index (κ2) is 7.82. The molecule has 0 bridgehead atoms. The van der Waals surface area contributed by atoms with Crippen LogP contribution < -0.4 is 0 Å². The van der Waals surface area contributed by atoms with Gasteiger partial charge in [-0.15, -0.1) is 12.3 Å². The first-order chi connectivity index (χ1) is 13.0. The lowest BCUT2D eigenvalue weighted by molar-refractivity contribution is -0.132. The number of hydrogen-bond acceptors (Lipinski definition) is 4. The lowest BCUT2D eigenvalue weighted by Gasteiger charge is -2.35. The van der Waals surface area contributed by atoms with Crippen molar-refractivity contribution >= 4 is 11.8 Å². The summed E-state index contributed by atoms with van der Waals surface area (Å²) in [6.07, 6.45) is 7.28. The summed E-state index contributed by atoms with van der Waals surface area (Å²) >= 11 is 0. The topological polar surface area (TPSA) is 65.3 Å². The highest BCUT2D eigenvalue weighted by Crippen LogP contribution is 2.37. The van der Waals surface area contributed by atoms with E-state index >= 15 is 0 Å². The molecule has 0 aliphatic carbocycles. The fourth-order valence-electron chi connectivity index (χ4n) is 3.15. The minimum absolute atomic E-state index is 0.0449. The van der Waals surface area contributed by atoms with Crippen LogP contribution >= 0.6 is 0 Å². The zero-order chi connectivity index (χ0) is 19.4. The molecule has 27 heavy (non-hydrogen) atoms. The van der Waals surface area contributed by atoms with Gasteiger partial charge in [0.05, 0.1) is 0 Å². The number of halogens is 2.